The molecule has 0 saturated carbocycles. The lowest BCUT2D eigenvalue weighted by Crippen LogP contribution is -2.37. The summed E-state index contributed by atoms with van der Waals surface area (Å²) in [6, 6.07) is 5.58. The summed E-state index contributed by atoms with van der Waals surface area (Å²) in [7, 11) is 1.72. The van der Waals surface area contributed by atoms with Crippen LogP contribution in [0, 0.1) is 0 Å². The molecule has 1 aliphatic rings. The van der Waals surface area contributed by atoms with Crippen LogP contribution in [0.5, 0.6) is 0 Å². The van der Waals surface area contributed by atoms with E-state index in [1.807, 2.05) is 18.2 Å². The Hall–Kier alpha value is -1.55. The maximum Gasteiger partial charge on any atom is 0.246 e. The van der Waals surface area contributed by atoms with E-state index in [0.717, 1.165) is 16.9 Å². The van der Waals surface area contributed by atoms with Crippen molar-refractivity contribution in [3.63, 3.8) is 0 Å². The fourth-order valence-electron chi connectivity index (χ4n) is 1.67. The SMILES string of the molecule is CN1C(=O)CNc2cccc(CO)c21. The fourth-order valence-corrected chi connectivity index (χ4v) is 1.67. The minimum absolute atomic E-state index is 0.0124. The Kier molecular flexibility index (Phi) is 2.13. The van der Waals surface area contributed by atoms with Crippen molar-refractivity contribution in [2.45, 2.75) is 6.61 Å². The van der Waals surface area contributed by atoms with Crippen molar-refractivity contribution in [3.8, 4) is 0 Å². The minimum atomic E-state index is -0.0531. The second-order valence-corrected chi connectivity index (χ2v) is 3.28. The first-order chi connectivity index (χ1) is 6.74. The molecular weight excluding hydrogens is 180 g/mol. The molecular formula is C10H12N2O2. The van der Waals surface area contributed by atoms with Crippen molar-refractivity contribution in [1.82, 2.24) is 0 Å². The topological polar surface area (TPSA) is 52.6 Å². The molecule has 0 aromatic heterocycles. The van der Waals surface area contributed by atoms with Crippen LogP contribution in [-0.2, 0) is 11.4 Å². The van der Waals surface area contributed by atoms with Gasteiger partial charge in [-0.15, -0.1) is 0 Å². The van der Waals surface area contributed by atoms with Crippen molar-refractivity contribution < 1.29 is 9.90 Å². The van der Waals surface area contributed by atoms with Gasteiger partial charge in [0.05, 0.1) is 24.5 Å². The minimum Gasteiger partial charge on any atom is -0.392 e. The van der Waals surface area contributed by atoms with E-state index in [0.29, 0.717) is 6.54 Å². The molecule has 1 aliphatic heterocycles. The number of amides is 1. The number of fused-ring (bicyclic) bond motifs is 1. The summed E-state index contributed by atoms with van der Waals surface area (Å²) >= 11 is 0. The first-order valence-electron chi connectivity index (χ1n) is 4.47. The summed E-state index contributed by atoms with van der Waals surface area (Å²) in [4.78, 5) is 13.0. The highest BCUT2D eigenvalue weighted by Gasteiger charge is 2.22. The van der Waals surface area contributed by atoms with Gasteiger partial charge in [0.1, 0.15) is 0 Å². The van der Waals surface area contributed by atoms with Crippen LogP contribution in [-0.4, -0.2) is 24.6 Å². The Balaban J connectivity index is 2.55. The molecule has 14 heavy (non-hydrogen) atoms. The third-order valence-corrected chi connectivity index (χ3v) is 2.43. The van der Waals surface area contributed by atoms with Crippen LogP contribution in [0.15, 0.2) is 18.2 Å². The van der Waals surface area contributed by atoms with Gasteiger partial charge in [-0.05, 0) is 6.07 Å². The van der Waals surface area contributed by atoms with Crippen LogP contribution < -0.4 is 10.2 Å². The number of para-hydroxylation sites is 1. The molecule has 0 saturated heterocycles. The van der Waals surface area contributed by atoms with Gasteiger partial charge in [0, 0.05) is 12.6 Å². The maximum atomic E-state index is 11.4. The lowest BCUT2D eigenvalue weighted by Gasteiger charge is -2.28. The number of aliphatic hydroxyl groups is 1. The number of aliphatic hydroxyl groups excluding tert-OH is 1. The molecule has 0 unspecified atom stereocenters. The number of rotatable bonds is 1. The number of nitrogens with zero attached hydrogens (tertiary/aromatic N) is 1. The van der Waals surface area contributed by atoms with Crippen molar-refractivity contribution in [2.75, 3.05) is 23.8 Å². The predicted octanol–water partition coefficient (Wildman–Crippen LogP) is 0.567. The molecule has 0 radical (unpaired) electrons. The number of likely N-dealkylation sites (N-methyl/N-ethyl adjacent to an activating group) is 1. The third-order valence-electron chi connectivity index (χ3n) is 2.43. The summed E-state index contributed by atoms with van der Waals surface area (Å²) in [5.41, 5.74) is 2.45. The fraction of sp³-hybridized carbons (Fsp3) is 0.300. The molecule has 0 fully saturated rings. The summed E-state index contributed by atoms with van der Waals surface area (Å²) in [6.45, 7) is 0.265. The average molecular weight is 192 g/mol. The molecule has 2 rings (SSSR count). The zero-order chi connectivity index (χ0) is 10.1. The Morgan fingerprint density at radius 1 is 1.57 bits per heavy atom. The second kappa shape index (κ2) is 3.31. The smallest absolute Gasteiger partial charge is 0.246 e. The normalized spacial score (nSPS) is 15.0. The quantitative estimate of drug-likeness (QED) is 0.684. The van der Waals surface area contributed by atoms with Gasteiger partial charge >= 0.3 is 0 Å². The number of hydrogen-bond donors (Lipinski definition) is 2. The molecule has 0 atom stereocenters. The Morgan fingerprint density at radius 2 is 2.36 bits per heavy atom. The Bertz CT molecular complexity index is 362. The van der Waals surface area contributed by atoms with E-state index in [9.17, 15) is 4.79 Å². The van der Waals surface area contributed by atoms with Gasteiger partial charge < -0.3 is 15.3 Å². The highest BCUT2D eigenvalue weighted by Crippen LogP contribution is 2.31. The number of carbonyl (C=O) groups excluding carboxylic acids is 1. The highest BCUT2D eigenvalue weighted by atomic mass is 16.3. The van der Waals surface area contributed by atoms with Gasteiger partial charge in [0.25, 0.3) is 0 Å². The zero-order valence-corrected chi connectivity index (χ0v) is 7.95. The molecule has 74 valence electrons. The molecule has 1 amide bonds. The molecule has 2 N–H and O–H groups in total. The molecule has 1 heterocycles. The summed E-state index contributed by atoms with van der Waals surface area (Å²) in [6.07, 6.45) is 0. The number of anilines is 2. The van der Waals surface area contributed by atoms with Crippen molar-refractivity contribution in [1.29, 1.82) is 0 Å². The molecule has 1 aromatic carbocycles. The van der Waals surface area contributed by atoms with Crippen LogP contribution in [0.1, 0.15) is 5.56 Å². The first-order valence-corrected chi connectivity index (χ1v) is 4.47. The molecule has 0 spiro atoms. The monoisotopic (exact) mass is 192 g/mol. The van der Waals surface area contributed by atoms with Crippen LogP contribution in [0.3, 0.4) is 0 Å². The van der Waals surface area contributed by atoms with Gasteiger partial charge in [0.2, 0.25) is 5.91 Å². The molecule has 0 aliphatic carbocycles. The number of hydrogen-bond acceptors (Lipinski definition) is 3. The summed E-state index contributed by atoms with van der Waals surface area (Å²) in [5, 5.41) is 12.1. The lowest BCUT2D eigenvalue weighted by molar-refractivity contribution is -0.116. The first kappa shape index (κ1) is 9.02. The van der Waals surface area contributed by atoms with Crippen molar-refractivity contribution in [2.24, 2.45) is 0 Å². The van der Waals surface area contributed by atoms with Crippen LogP contribution in [0.2, 0.25) is 0 Å². The van der Waals surface area contributed by atoms with Crippen molar-refractivity contribution in [3.05, 3.63) is 23.8 Å². The number of nitrogens with one attached hydrogen (secondary N) is 1. The number of benzene rings is 1. The summed E-state index contributed by atoms with van der Waals surface area (Å²) in [5.74, 6) is 0.0124. The standard InChI is InChI=1S/C10H12N2O2/c1-12-9(14)5-11-8-4-2-3-7(6-13)10(8)12/h2-4,11,13H,5-6H2,1H3. The average Bonchev–Trinajstić information content (AvgIpc) is 2.23. The zero-order valence-electron chi connectivity index (χ0n) is 7.95. The lowest BCUT2D eigenvalue weighted by atomic mass is 10.1. The molecule has 4 nitrogen and oxygen atoms in total. The summed E-state index contributed by atoms with van der Waals surface area (Å²) < 4.78 is 0. The number of carbonyl (C=O) groups is 1. The van der Waals surface area contributed by atoms with E-state index in [4.69, 9.17) is 5.11 Å². The van der Waals surface area contributed by atoms with E-state index in [-0.39, 0.29) is 12.5 Å². The van der Waals surface area contributed by atoms with Gasteiger partial charge in [-0.1, -0.05) is 12.1 Å². The molecule has 0 bridgehead atoms. The van der Waals surface area contributed by atoms with E-state index in [1.165, 1.54) is 0 Å². The predicted molar refractivity (Wildman–Crippen MR) is 54.3 cm³/mol. The maximum absolute atomic E-state index is 11.4. The molecule has 4 heteroatoms. The Morgan fingerprint density at radius 3 is 3.07 bits per heavy atom. The van der Waals surface area contributed by atoms with Crippen LogP contribution in [0.25, 0.3) is 0 Å². The Labute approximate surface area is 82.2 Å². The largest absolute Gasteiger partial charge is 0.392 e. The van der Waals surface area contributed by atoms with Gasteiger partial charge in [0.15, 0.2) is 0 Å². The van der Waals surface area contributed by atoms with E-state index < -0.39 is 0 Å². The molecule has 1 aromatic rings. The van der Waals surface area contributed by atoms with Crippen LogP contribution in [0.4, 0.5) is 11.4 Å². The van der Waals surface area contributed by atoms with Gasteiger partial charge in [-0.25, -0.2) is 0 Å². The second-order valence-electron chi connectivity index (χ2n) is 3.28. The van der Waals surface area contributed by atoms with E-state index in [2.05, 4.69) is 5.32 Å². The highest BCUT2D eigenvalue weighted by molar-refractivity contribution is 6.03. The van der Waals surface area contributed by atoms with Crippen molar-refractivity contribution >= 4 is 17.3 Å². The van der Waals surface area contributed by atoms with E-state index in [1.54, 1.807) is 11.9 Å². The van der Waals surface area contributed by atoms with Gasteiger partial charge in [-0.2, -0.15) is 0 Å². The third kappa shape index (κ3) is 1.24. The van der Waals surface area contributed by atoms with E-state index >= 15 is 0 Å². The van der Waals surface area contributed by atoms with Gasteiger partial charge in [-0.3, -0.25) is 4.79 Å². The van der Waals surface area contributed by atoms with Crippen LogP contribution >= 0.6 is 0 Å².